The van der Waals surface area contributed by atoms with Gasteiger partial charge in [0.15, 0.2) is 5.54 Å². The van der Waals surface area contributed by atoms with E-state index in [-0.39, 0.29) is 6.54 Å². The van der Waals surface area contributed by atoms with Gasteiger partial charge in [0.25, 0.3) is 0 Å². The number of carbonyl (C=O) groups is 3. The van der Waals surface area contributed by atoms with Gasteiger partial charge in [-0.1, -0.05) is 20.8 Å². The molecule has 1 aliphatic rings. The van der Waals surface area contributed by atoms with Crippen molar-refractivity contribution >= 4 is 18.1 Å². The molecule has 1 saturated heterocycles. The second kappa shape index (κ2) is 3.36. The molecular weight excluding hydrogens is 216 g/mol. The number of carboxylic acid groups (broad SMARTS) is 2. The summed E-state index contributed by atoms with van der Waals surface area (Å²) in [4.78, 5) is 34.0. The predicted octanol–water partition coefficient (Wildman–Crippen LogP) is 0.559. The molecule has 0 aromatic carbocycles. The van der Waals surface area contributed by atoms with Gasteiger partial charge >= 0.3 is 18.1 Å². The average molecular weight is 230 g/mol. The fraction of sp³-hybridized carbons (Fsp3) is 0.667. The lowest BCUT2D eigenvalue weighted by Gasteiger charge is -2.40. The number of nitrogens with one attached hydrogen (secondary N) is 1. The molecule has 7 heteroatoms. The number of carbonyl (C=O) groups excluding carboxylic acids is 1. The quantitative estimate of drug-likeness (QED) is 0.610. The smallest absolute Gasteiger partial charge is 0.416 e. The van der Waals surface area contributed by atoms with Crippen molar-refractivity contribution in [3.05, 3.63) is 0 Å². The van der Waals surface area contributed by atoms with Gasteiger partial charge in [-0.3, -0.25) is 0 Å². The van der Waals surface area contributed by atoms with Crippen LogP contribution < -0.4 is 5.32 Å². The number of rotatable bonds is 1. The van der Waals surface area contributed by atoms with Crippen LogP contribution in [0.4, 0.5) is 9.59 Å². The van der Waals surface area contributed by atoms with E-state index < -0.39 is 29.0 Å². The van der Waals surface area contributed by atoms with Crippen LogP contribution in [0.25, 0.3) is 0 Å². The van der Waals surface area contributed by atoms with Gasteiger partial charge in [-0.2, -0.15) is 0 Å². The number of carboxylic acids is 1. The summed E-state index contributed by atoms with van der Waals surface area (Å²) in [5.74, 6) is -1.33. The number of amides is 3. The summed E-state index contributed by atoms with van der Waals surface area (Å²) in [5.41, 5.74) is -2.67. The predicted molar refractivity (Wildman–Crippen MR) is 53.1 cm³/mol. The van der Waals surface area contributed by atoms with E-state index in [1.54, 1.807) is 20.8 Å². The molecule has 1 unspecified atom stereocenters. The summed E-state index contributed by atoms with van der Waals surface area (Å²) in [5, 5.41) is 20.4. The Labute approximate surface area is 92.0 Å². The average Bonchev–Trinajstić information content (AvgIpc) is 2.42. The summed E-state index contributed by atoms with van der Waals surface area (Å²) in [7, 11) is 0. The number of urea groups is 1. The lowest BCUT2D eigenvalue weighted by atomic mass is 9.73. The highest BCUT2D eigenvalue weighted by Crippen LogP contribution is 2.38. The molecule has 16 heavy (non-hydrogen) atoms. The first-order valence-electron chi connectivity index (χ1n) is 4.69. The first-order chi connectivity index (χ1) is 7.14. The van der Waals surface area contributed by atoms with Gasteiger partial charge in [0.2, 0.25) is 0 Å². The molecule has 3 amide bonds. The van der Waals surface area contributed by atoms with Gasteiger partial charge in [-0.25, -0.2) is 19.3 Å². The van der Waals surface area contributed by atoms with E-state index >= 15 is 0 Å². The maximum absolute atomic E-state index is 11.4. The van der Waals surface area contributed by atoms with E-state index in [0.717, 1.165) is 0 Å². The molecule has 0 saturated carbocycles. The third-order valence-electron chi connectivity index (χ3n) is 2.87. The molecule has 1 fully saturated rings. The van der Waals surface area contributed by atoms with Crippen LogP contribution in [0.2, 0.25) is 0 Å². The topological polar surface area (TPSA) is 107 Å². The molecule has 7 nitrogen and oxygen atoms in total. The highest BCUT2D eigenvalue weighted by molar-refractivity contribution is 6.00. The Hall–Kier alpha value is -1.79. The van der Waals surface area contributed by atoms with Gasteiger partial charge < -0.3 is 15.5 Å². The molecule has 0 aliphatic carbocycles. The van der Waals surface area contributed by atoms with Crippen molar-refractivity contribution in [1.82, 2.24) is 10.2 Å². The van der Waals surface area contributed by atoms with Crippen LogP contribution >= 0.6 is 0 Å². The van der Waals surface area contributed by atoms with Crippen LogP contribution in [0, 0.1) is 5.41 Å². The molecule has 0 aromatic rings. The minimum atomic E-state index is -1.77. The van der Waals surface area contributed by atoms with E-state index in [9.17, 15) is 19.5 Å². The highest BCUT2D eigenvalue weighted by Gasteiger charge is 2.61. The van der Waals surface area contributed by atoms with Crippen molar-refractivity contribution in [1.29, 1.82) is 0 Å². The standard InChI is InChI=1S/C9H14N2O5/c1-8(2,3)9(5(12)13)4-10-6(14)11(9)7(15)16/h4H2,1-3H3,(H,10,14)(H,12,13)(H,15,16). The second-order valence-corrected chi connectivity index (χ2v) is 4.69. The summed E-state index contributed by atoms with van der Waals surface area (Å²) >= 11 is 0. The Balaban J connectivity index is 3.37. The lowest BCUT2D eigenvalue weighted by molar-refractivity contribution is -0.153. The maximum Gasteiger partial charge on any atom is 0.416 e. The summed E-state index contributed by atoms with van der Waals surface area (Å²) in [6.45, 7) is 4.52. The van der Waals surface area contributed by atoms with Gasteiger partial charge in [-0.05, 0) is 5.41 Å². The molecule has 0 spiro atoms. The van der Waals surface area contributed by atoms with E-state index in [1.807, 2.05) is 0 Å². The van der Waals surface area contributed by atoms with Crippen LogP contribution in [0.3, 0.4) is 0 Å². The van der Waals surface area contributed by atoms with Gasteiger partial charge in [0.1, 0.15) is 0 Å². The van der Waals surface area contributed by atoms with Crippen LogP contribution in [-0.2, 0) is 4.79 Å². The lowest BCUT2D eigenvalue weighted by Crippen LogP contribution is -2.63. The molecule has 1 atom stereocenters. The van der Waals surface area contributed by atoms with E-state index in [4.69, 9.17) is 5.11 Å². The zero-order valence-corrected chi connectivity index (χ0v) is 9.27. The summed E-state index contributed by atoms with van der Waals surface area (Å²) in [6, 6.07) is -0.898. The molecule has 0 bridgehead atoms. The summed E-state index contributed by atoms with van der Waals surface area (Å²) < 4.78 is 0. The van der Waals surface area contributed by atoms with Crippen molar-refractivity contribution in [3.63, 3.8) is 0 Å². The number of nitrogens with zero attached hydrogens (tertiary/aromatic N) is 1. The zero-order valence-electron chi connectivity index (χ0n) is 9.27. The summed E-state index contributed by atoms with van der Waals surface area (Å²) in [6.07, 6.45) is -1.56. The molecule has 90 valence electrons. The van der Waals surface area contributed by atoms with E-state index in [1.165, 1.54) is 0 Å². The monoisotopic (exact) mass is 230 g/mol. The first-order valence-corrected chi connectivity index (χ1v) is 4.69. The van der Waals surface area contributed by atoms with Crippen molar-refractivity contribution in [2.75, 3.05) is 6.54 Å². The maximum atomic E-state index is 11.4. The number of hydrogen-bond acceptors (Lipinski definition) is 3. The molecule has 3 N–H and O–H groups in total. The Kier molecular flexibility index (Phi) is 2.58. The molecule has 0 aromatic heterocycles. The van der Waals surface area contributed by atoms with Crippen molar-refractivity contribution in [2.45, 2.75) is 26.3 Å². The third-order valence-corrected chi connectivity index (χ3v) is 2.87. The van der Waals surface area contributed by atoms with Gasteiger partial charge in [-0.15, -0.1) is 0 Å². The first kappa shape index (κ1) is 12.3. The Morgan fingerprint density at radius 2 is 1.88 bits per heavy atom. The van der Waals surface area contributed by atoms with Gasteiger partial charge in [0.05, 0.1) is 6.54 Å². The van der Waals surface area contributed by atoms with Crippen LogP contribution in [0.5, 0.6) is 0 Å². The van der Waals surface area contributed by atoms with E-state index in [2.05, 4.69) is 5.32 Å². The molecular formula is C9H14N2O5. The minimum absolute atomic E-state index is 0.225. The van der Waals surface area contributed by atoms with Crippen LogP contribution in [0.15, 0.2) is 0 Å². The fourth-order valence-corrected chi connectivity index (χ4v) is 1.88. The number of hydrogen-bond donors (Lipinski definition) is 3. The Morgan fingerprint density at radius 1 is 1.38 bits per heavy atom. The third kappa shape index (κ3) is 1.39. The van der Waals surface area contributed by atoms with Crippen molar-refractivity contribution < 1.29 is 24.6 Å². The fourth-order valence-electron chi connectivity index (χ4n) is 1.88. The Bertz CT molecular complexity index is 359. The molecule has 0 radical (unpaired) electrons. The van der Waals surface area contributed by atoms with Crippen LogP contribution in [0.1, 0.15) is 20.8 Å². The van der Waals surface area contributed by atoms with E-state index in [0.29, 0.717) is 4.90 Å². The largest absolute Gasteiger partial charge is 0.479 e. The SMILES string of the molecule is CC(C)(C)C1(C(=O)O)CNC(=O)N1C(=O)O. The molecule has 1 aliphatic heterocycles. The Morgan fingerprint density at radius 3 is 2.12 bits per heavy atom. The zero-order chi connectivity index (χ0) is 12.7. The van der Waals surface area contributed by atoms with Crippen LogP contribution in [-0.4, -0.2) is 45.3 Å². The molecule has 1 heterocycles. The van der Waals surface area contributed by atoms with Crippen molar-refractivity contribution in [3.8, 4) is 0 Å². The second-order valence-electron chi connectivity index (χ2n) is 4.69. The molecule has 1 rings (SSSR count). The van der Waals surface area contributed by atoms with Gasteiger partial charge in [0, 0.05) is 0 Å². The normalized spacial score (nSPS) is 25.4. The number of aliphatic carboxylic acids is 1. The minimum Gasteiger partial charge on any atom is -0.479 e. The van der Waals surface area contributed by atoms with Crippen molar-refractivity contribution in [2.24, 2.45) is 5.41 Å². The highest BCUT2D eigenvalue weighted by atomic mass is 16.4. The number of imide groups is 1.